The highest BCUT2D eigenvalue weighted by molar-refractivity contribution is 14.0. The Hall–Kier alpha value is -0.760. The van der Waals surface area contributed by atoms with E-state index in [1.54, 1.807) is 6.26 Å². The van der Waals surface area contributed by atoms with Crippen molar-refractivity contribution >= 4 is 29.9 Å². The molecule has 1 aromatic rings. The largest absolute Gasteiger partial charge is 0.467 e. The van der Waals surface area contributed by atoms with E-state index < -0.39 is 0 Å². The van der Waals surface area contributed by atoms with Crippen LogP contribution in [0.15, 0.2) is 27.8 Å². The number of fused-ring (bicyclic) bond motifs is 2. The van der Waals surface area contributed by atoms with Crippen molar-refractivity contribution in [1.82, 2.24) is 10.6 Å². The zero-order valence-electron chi connectivity index (χ0n) is 11.7. The van der Waals surface area contributed by atoms with Gasteiger partial charge in [0.15, 0.2) is 5.96 Å². The van der Waals surface area contributed by atoms with E-state index in [1.807, 2.05) is 12.1 Å². The Morgan fingerprint density at radius 3 is 2.95 bits per heavy atom. The molecule has 0 spiro atoms. The summed E-state index contributed by atoms with van der Waals surface area (Å²) in [6, 6.07) is 4.22. The predicted octanol–water partition coefficient (Wildman–Crippen LogP) is 2.27. The lowest BCUT2D eigenvalue weighted by Gasteiger charge is -2.22. The van der Waals surface area contributed by atoms with Crippen LogP contribution in [0.25, 0.3) is 0 Å². The third-order valence-electron chi connectivity index (χ3n) is 3.75. The van der Waals surface area contributed by atoms with Gasteiger partial charge >= 0.3 is 0 Å². The average Bonchev–Trinajstić information content (AvgIpc) is 3.13. The zero-order chi connectivity index (χ0) is 13.1. The van der Waals surface area contributed by atoms with Crippen LogP contribution in [0.4, 0.5) is 0 Å². The van der Waals surface area contributed by atoms with Crippen molar-refractivity contribution in [1.29, 1.82) is 0 Å². The van der Waals surface area contributed by atoms with Crippen molar-refractivity contribution < 1.29 is 9.15 Å². The molecule has 112 valence electrons. The summed E-state index contributed by atoms with van der Waals surface area (Å²) in [7, 11) is 0. The van der Waals surface area contributed by atoms with Gasteiger partial charge < -0.3 is 19.8 Å². The number of ether oxygens (including phenoxy) is 1. The van der Waals surface area contributed by atoms with Crippen molar-refractivity contribution in [3.8, 4) is 0 Å². The van der Waals surface area contributed by atoms with Gasteiger partial charge in [0.1, 0.15) is 12.3 Å². The van der Waals surface area contributed by atoms with Crippen molar-refractivity contribution in [2.24, 2.45) is 4.99 Å². The first-order chi connectivity index (χ1) is 9.35. The van der Waals surface area contributed by atoms with Crippen LogP contribution in [0.2, 0.25) is 0 Å². The minimum absolute atomic E-state index is 0. The van der Waals surface area contributed by atoms with Crippen molar-refractivity contribution in [2.75, 3.05) is 6.54 Å². The molecular formula is C14H22IN3O2. The molecule has 2 N–H and O–H groups in total. The fourth-order valence-corrected chi connectivity index (χ4v) is 2.84. The first kappa shape index (κ1) is 15.6. The standard InChI is InChI=1S/C14H21N3O2.HI/c1-2-15-14(16-9-11-4-3-7-18-11)17-12-8-10-5-6-13(12)19-10;/h3-4,7,10,12-13H,2,5-6,8-9H2,1H3,(H2,15,16,17);1H. The van der Waals surface area contributed by atoms with Gasteiger partial charge in [0.2, 0.25) is 0 Å². The molecule has 1 aromatic heterocycles. The summed E-state index contributed by atoms with van der Waals surface area (Å²) in [5, 5.41) is 6.76. The van der Waals surface area contributed by atoms with Gasteiger partial charge in [-0.1, -0.05) is 0 Å². The molecule has 3 heterocycles. The number of nitrogens with zero attached hydrogens (tertiary/aromatic N) is 1. The van der Waals surface area contributed by atoms with Crippen LogP contribution in [0.5, 0.6) is 0 Å². The Morgan fingerprint density at radius 1 is 1.45 bits per heavy atom. The zero-order valence-corrected chi connectivity index (χ0v) is 14.0. The molecule has 0 aliphatic carbocycles. The molecule has 2 bridgehead atoms. The molecular weight excluding hydrogens is 369 g/mol. The van der Waals surface area contributed by atoms with E-state index in [1.165, 1.54) is 12.8 Å². The minimum Gasteiger partial charge on any atom is -0.467 e. The number of halogens is 1. The van der Waals surface area contributed by atoms with Crippen LogP contribution in [0, 0.1) is 0 Å². The molecule has 2 fully saturated rings. The number of nitrogens with one attached hydrogen (secondary N) is 2. The lowest BCUT2D eigenvalue weighted by Crippen LogP contribution is -2.47. The van der Waals surface area contributed by atoms with Gasteiger partial charge in [-0.25, -0.2) is 4.99 Å². The number of aliphatic imine (C=N–C) groups is 1. The Balaban J connectivity index is 0.00000147. The van der Waals surface area contributed by atoms with Gasteiger partial charge in [-0.2, -0.15) is 0 Å². The molecule has 0 aromatic carbocycles. The van der Waals surface area contributed by atoms with E-state index in [0.29, 0.717) is 24.8 Å². The second-order valence-electron chi connectivity index (χ2n) is 5.13. The van der Waals surface area contributed by atoms with E-state index in [4.69, 9.17) is 9.15 Å². The summed E-state index contributed by atoms with van der Waals surface area (Å²) in [4.78, 5) is 4.55. The highest BCUT2D eigenvalue weighted by Gasteiger charge is 2.41. The van der Waals surface area contributed by atoms with Crippen LogP contribution < -0.4 is 10.6 Å². The van der Waals surface area contributed by atoms with Gasteiger partial charge in [0, 0.05) is 6.54 Å². The fourth-order valence-electron chi connectivity index (χ4n) is 2.84. The van der Waals surface area contributed by atoms with Crippen LogP contribution in [-0.2, 0) is 11.3 Å². The third-order valence-corrected chi connectivity index (χ3v) is 3.75. The molecule has 0 saturated carbocycles. The van der Waals surface area contributed by atoms with E-state index in [2.05, 4.69) is 22.5 Å². The molecule has 3 atom stereocenters. The number of rotatable bonds is 4. The molecule has 6 heteroatoms. The normalized spacial score (nSPS) is 28.2. The molecule has 0 amide bonds. The number of hydrogen-bond acceptors (Lipinski definition) is 3. The number of furan rings is 1. The van der Waals surface area contributed by atoms with E-state index >= 15 is 0 Å². The van der Waals surface area contributed by atoms with Gasteiger partial charge in [-0.15, -0.1) is 24.0 Å². The first-order valence-corrected chi connectivity index (χ1v) is 7.08. The maximum absolute atomic E-state index is 5.85. The van der Waals surface area contributed by atoms with Crippen molar-refractivity contribution in [2.45, 2.75) is 51.0 Å². The van der Waals surface area contributed by atoms with Gasteiger partial charge in [-0.3, -0.25) is 0 Å². The van der Waals surface area contributed by atoms with Gasteiger partial charge in [0.05, 0.1) is 24.5 Å². The lowest BCUT2D eigenvalue weighted by atomic mass is 9.96. The van der Waals surface area contributed by atoms with E-state index in [-0.39, 0.29) is 24.0 Å². The van der Waals surface area contributed by atoms with Crippen LogP contribution >= 0.6 is 24.0 Å². The minimum atomic E-state index is 0. The van der Waals surface area contributed by atoms with Crippen LogP contribution in [-0.4, -0.2) is 30.8 Å². The monoisotopic (exact) mass is 391 g/mol. The first-order valence-electron chi connectivity index (χ1n) is 7.08. The summed E-state index contributed by atoms with van der Waals surface area (Å²) < 4.78 is 11.1. The average molecular weight is 391 g/mol. The molecule has 5 nitrogen and oxygen atoms in total. The Labute approximate surface area is 136 Å². The van der Waals surface area contributed by atoms with E-state index in [0.717, 1.165) is 24.7 Å². The topological polar surface area (TPSA) is 58.8 Å². The molecule has 2 aliphatic heterocycles. The SMILES string of the molecule is CCNC(=NCc1ccco1)NC1CC2CCC1O2.I. The van der Waals surface area contributed by atoms with Crippen LogP contribution in [0.1, 0.15) is 31.9 Å². The Kier molecular flexibility index (Phi) is 5.71. The Bertz CT molecular complexity index is 436. The molecule has 3 unspecified atom stereocenters. The predicted molar refractivity (Wildman–Crippen MR) is 88.4 cm³/mol. The quantitative estimate of drug-likeness (QED) is 0.470. The fraction of sp³-hybridized carbons (Fsp3) is 0.643. The van der Waals surface area contributed by atoms with E-state index in [9.17, 15) is 0 Å². The Morgan fingerprint density at radius 2 is 2.35 bits per heavy atom. The maximum Gasteiger partial charge on any atom is 0.192 e. The van der Waals surface area contributed by atoms with Crippen molar-refractivity contribution in [3.05, 3.63) is 24.2 Å². The van der Waals surface area contributed by atoms with Crippen molar-refractivity contribution in [3.63, 3.8) is 0 Å². The summed E-state index contributed by atoms with van der Waals surface area (Å²) >= 11 is 0. The second kappa shape index (κ2) is 7.31. The molecule has 2 aliphatic rings. The highest BCUT2D eigenvalue weighted by Crippen LogP contribution is 2.34. The summed E-state index contributed by atoms with van der Waals surface area (Å²) in [6.07, 6.45) is 5.96. The van der Waals surface area contributed by atoms with Crippen LogP contribution in [0.3, 0.4) is 0 Å². The highest BCUT2D eigenvalue weighted by atomic mass is 127. The van der Waals surface area contributed by atoms with Gasteiger partial charge in [-0.05, 0) is 38.3 Å². The second-order valence-corrected chi connectivity index (χ2v) is 5.13. The lowest BCUT2D eigenvalue weighted by molar-refractivity contribution is 0.0992. The summed E-state index contributed by atoms with van der Waals surface area (Å²) in [6.45, 7) is 3.48. The molecule has 20 heavy (non-hydrogen) atoms. The summed E-state index contributed by atoms with van der Waals surface area (Å²) in [5.41, 5.74) is 0. The number of hydrogen-bond donors (Lipinski definition) is 2. The molecule has 3 rings (SSSR count). The smallest absolute Gasteiger partial charge is 0.192 e. The third kappa shape index (κ3) is 3.66. The molecule has 0 radical (unpaired) electrons. The molecule has 2 saturated heterocycles. The van der Waals surface area contributed by atoms with Gasteiger partial charge in [0.25, 0.3) is 0 Å². The summed E-state index contributed by atoms with van der Waals surface area (Å²) in [5.74, 6) is 1.72. The maximum atomic E-state index is 5.85. The number of guanidine groups is 1.